The Morgan fingerprint density at radius 2 is 1.62 bits per heavy atom. The fourth-order valence-electron chi connectivity index (χ4n) is 1.18. The molecule has 0 fully saturated rings. The number of hydroxylamine groups is 2. The monoisotopic (exact) mass is 220 g/mol. The van der Waals surface area contributed by atoms with Crippen molar-refractivity contribution in [1.29, 1.82) is 0 Å². The lowest BCUT2D eigenvalue weighted by Crippen LogP contribution is -2.07. The minimum atomic E-state index is 0.0134. The van der Waals surface area contributed by atoms with Crippen molar-refractivity contribution in [1.82, 2.24) is 5.23 Å². The first-order valence-corrected chi connectivity index (χ1v) is 4.89. The number of allylic oxidation sites excluding steroid dienone is 2. The van der Waals surface area contributed by atoms with Gasteiger partial charge in [-0.1, -0.05) is 24.3 Å². The minimum absolute atomic E-state index is 0.0134. The predicted molar refractivity (Wildman–Crippen MR) is 64.4 cm³/mol. The molecule has 86 valence electrons. The molecule has 0 aliphatic rings. The third-order valence-corrected chi connectivity index (χ3v) is 2.03. The second kappa shape index (κ2) is 5.95. The van der Waals surface area contributed by atoms with Crippen LogP contribution in [-0.4, -0.2) is 29.7 Å². The summed E-state index contributed by atoms with van der Waals surface area (Å²) in [7, 11) is 3.98. The Morgan fingerprint density at radius 3 is 2.12 bits per heavy atom. The Kier molecular flexibility index (Phi) is 4.57. The first kappa shape index (κ1) is 12.3. The molecule has 4 nitrogen and oxygen atoms in total. The molecule has 0 radical (unpaired) electrons. The highest BCUT2D eigenvalue weighted by atomic mass is 16.8. The van der Waals surface area contributed by atoms with E-state index in [2.05, 4.69) is 0 Å². The molecule has 0 saturated heterocycles. The van der Waals surface area contributed by atoms with Gasteiger partial charge >= 0.3 is 0 Å². The molecule has 0 aromatic heterocycles. The molecule has 0 aliphatic heterocycles. The zero-order valence-corrected chi connectivity index (χ0v) is 9.41. The lowest BCUT2D eigenvalue weighted by atomic mass is 10.2. The maximum absolute atomic E-state index is 8.41. The van der Waals surface area contributed by atoms with Gasteiger partial charge in [0.05, 0.1) is 6.20 Å². The van der Waals surface area contributed by atoms with Crippen LogP contribution in [0.5, 0.6) is 0 Å². The average Bonchev–Trinajstić information content (AvgIpc) is 2.25. The van der Waals surface area contributed by atoms with Gasteiger partial charge < -0.3 is 4.90 Å². The summed E-state index contributed by atoms with van der Waals surface area (Å²) in [6, 6.07) is 8.03. The van der Waals surface area contributed by atoms with Crippen LogP contribution < -0.4 is 4.90 Å². The van der Waals surface area contributed by atoms with Gasteiger partial charge in [0, 0.05) is 19.8 Å². The normalized spacial score (nSPS) is 11.2. The summed E-state index contributed by atoms with van der Waals surface area (Å²) in [6.07, 6.45) is 6.26. The van der Waals surface area contributed by atoms with Crippen LogP contribution in [0.1, 0.15) is 5.56 Å². The first-order valence-electron chi connectivity index (χ1n) is 4.89. The Labute approximate surface area is 95.3 Å². The van der Waals surface area contributed by atoms with Gasteiger partial charge in [-0.05, 0) is 23.8 Å². The van der Waals surface area contributed by atoms with Gasteiger partial charge in [0.25, 0.3) is 0 Å². The lowest BCUT2D eigenvalue weighted by molar-refractivity contribution is -0.267. The summed E-state index contributed by atoms with van der Waals surface area (Å²) < 4.78 is 0. The fourth-order valence-corrected chi connectivity index (χ4v) is 1.18. The van der Waals surface area contributed by atoms with E-state index < -0.39 is 0 Å². The maximum Gasteiger partial charge on any atom is 0.0582 e. The highest BCUT2D eigenvalue weighted by Crippen LogP contribution is 2.12. The maximum atomic E-state index is 8.41. The van der Waals surface area contributed by atoms with Gasteiger partial charge in [0.15, 0.2) is 0 Å². The zero-order valence-electron chi connectivity index (χ0n) is 9.41. The molecule has 16 heavy (non-hydrogen) atoms. The van der Waals surface area contributed by atoms with Crippen LogP contribution in [0.25, 0.3) is 6.08 Å². The Morgan fingerprint density at radius 1 is 1.00 bits per heavy atom. The highest BCUT2D eigenvalue weighted by molar-refractivity contribution is 5.56. The molecule has 0 saturated carbocycles. The first-order chi connectivity index (χ1) is 7.59. The summed E-state index contributed by atoms with van der Waals surface area (Å²) in [6.45, 7) is 0. The number of hydrogen-bond donors (Lipinski definition) is 2. The van der Waals surface area contributed by atoms with E-state index in [9.17, 15) is 0 Å². The summed E-state index contributed by atoms with van der Waals surface area (Å²) in [5.41, 5.74) is 2.20. The number of nitrogens with zero attached hydrogens (tertiary/aromatic N) is 2. The predicted octanol–water partition coefficient (Wildman–Crippen LogP) is 2.36. The van der Waals surface area contributed by atoms with E-state index >= 15 is 0 Å². The van der Waals surface area contributed by atoms with Crippen molar-refractivity contribution >= 4 is 11.8 Å². The molecule has 0 unspecified atom stereocenters. The van der Waals surface area contributed by atoms with Crippen LogP contribution in [0.2, 0.25) is 0 Å². The molecule has 0 bridgehead atoms. The summed E-state index contributed by atoms with van der Waals surface area (Å²) >= 11 is 0. The molecular formula is C12H16N2O2. The Hall–Kier alpha value is -1.78. The van der Waals surface area contributed by atoms with Gasteiger partial charge in [-0.15, -0.1) is 5.23 Å². The van der Waals surface area contributed by atoms with E-state index in [4.69, 9.17) is 10.4 Å². The number of anilines is 1. The van der Waals surface area contributed by atoms with Gasteiger partial charge in [0.1, 0.15) is 0 Å². The summed E-state index contributed by atoms with van der Waals surface area (Å²) in [4.78, 5) is 2.03. The zero-order chi connectivity index (χ0) is 12.0. The molecule has 2 N–H and O–H groups in total. The molecule has 0 atom stereocenters. The van der Waals surface area contributed by atoms with Crippen LogP contribution >= 0.6 is 0 Å². The van der Waals surface area contributed by atoms with Crippen LogP contribution in [-0.2, 0) is 0 Å². The van der Waals surface area contributed by atoms with Crippen LogP contribution in [0.3, 0.4) is 0 Å². The minimum Gasteiger partial charge on any atom is -0.378 e. The van der Waals surface area contributed by atoms with E-state index in [-0.39, 0.29) is 5.23 Å². The van der Waals surface area contributed by atoms with Crippen molar-refractivity contribution in [2.75, 3.05) is 19.0 Å². The average molecular weight is 220 g/mol. The summed E-state index contributed by atoms with van der Waals surface area (Å²) in [5, 5.41) is 16.8. The van der Waals surface area contributed by atoms with Crippen molar-refractivity contribution in [2.24, 2.45) is 0 Å². The van der Waals surface area contributed by atoms with Crippen molar-refractivity contribution < 1.29 is 10.4 Å². The number of rotatable bonds is 4. The molecule has 4 heteroatoms. The second-order valence-corrected chi connectivity index (χ2v) is 3.51. The molecule has 1 aromatic rings. The fraction of sp³-hybridized carbons (Fsp3) is 0.167. The molecule has 0 amide bonds. The van der Waals surface area contributed by atoms with Gasteiger partial charge in [-0.2, -0.15) is 0 Å². The van der Waals surface area contributed by atoms with E-state index in [1.165, 1.54) is 6.08 Å². The van der Waals surface area contributed by atoms with Gasteiger partial charge in [-0.25, -0.2) is 0 Å². The smallest absolute Gasteiger partial charge is 0.0582 e. The lowest BCUT2D eigenvalue weighted by Gasteiger charge is -2.11. The van der Waals surface area contributed by atoms with E-state index in [0.717, 1.165) is 17.5 Å². The van der Waals surface area contributed by atoms with Crippen LogP contribution in [0.4, 0.5) is 5.69 Å². The Balaban J connectivity index is 2.62. The van der Waals surface area contributed by atoms with Crippen LogP contribution in [0.15, 0.2) is 42.6 Å². The third-order valence-electron chi connectivity index (χ3n) is 2.03. The van der Waals surface area contributed by atoms with Crippen molar-refractivity contribution in [2.45, 2.75) is 0 Å². The second-order valence-electron chi connectivity index (χ2n) is 3.51. The quantitative estimate of drug-likeness (QED) is 0.604. The molecule has 0 heterocycles. The molecule has 1 aromatic carbocycles. The van der Waals surface area contributed by atoms with Crippen LogP contribution in [0, 0.1) is 0 Å². The number of hydrogen-bond acceptors (Lipinski definition) is 4. The van der Waals surface area contributed by atoms with Gasteiger partial charge in [-0.3, -0.25) is 10.4 Å². The van der Waals surface area contributed by atoms with Crippen molar-refractivity contribution in [3.63, 3.8) is 0 Å². The topological polar surface area (TPSA) is 46.9 Å². The standard InChI is InChI=1S/C12H16N2O2/c1-13(2)12-8-6-11(7-9-12)5-3-4-10-14(15)16/h3-10,15-16H,1-2H3/b5-3+,10-4+. The van der Waals surface area contributed by atoms with Crippen molar-refractivity contribution in [3.05, 3.63) is 48.2 Å². The SMILES string of the molecule is CN(C)c1ccc(/C=C/C=C/N(O)O)cc1. The third kappa shape index (κ3) is 4.16. The van der Waals surface area contributed by atoms with Gasteiger partial charge in [0.2, 0.25) is 0 Å². The van der Waals surface area contributed by atoms with E-state index in [0.29, 0.717) is 0 Å². The highest BCUT2D eigenvalue weighted by Gasteiger charge is 1.92. The van der Waals surface area contributed by atoms with Crippen molar-refractivity contribution in [3.8, 4) is 0 Å². The molecule has 0 aliphatic carbocycles. The summed E-state index contributed by atoms with van der Waals surface area (Å²) in [5.74, 6) is 0. The number of benzene rings is 1. The molecule has 1 rings (SSSR count). The van der Waals surface area contributed by atoms with E-state index in [1.807, 2.05) is 49.3 Å². The molecular weight excluding hydrogens is 204 g/mol. The Bertz CT molecular complexity index is 367. The largest absolute Gasteiger partial charge is 0.378 e. The van der Waals surface area contributed by atoms with E-state index in [1.54, 1.807) is 6.08 Å². The molecule has 0 spiro atoms.